The van der Waals surface area contributed by atoms with Crippen molar-refractivity contribution in [2.24, 2.45) is 5.10 Å². The number of methoxy groups -OCH3 is 1. The Kier molecular flexibility index (Phi) is 6.53. The van der Waals surface area contributed by atoms with E-state index in [4.69, 9.17) is 32.7 Å². The normalized spacial score (nSPS) is 18.8. The lowest BCUT2D eigenvalue weighted by atomic mass is 10.00. The number of benzene rings is 2. The monoisotopic (exact) mass is 449 g/mol. The quantitative estimate of drug-likeness (QED) is 0.493. The highest BCUT2D eigenvalue weighted by Gasteiger charge is 2.46. The van der Waals surface area contributed by atoms with Crippen LogP contribution in [-0.2, 0) is 11.4 Å². The van der Waals surface area contributed by atoms with E-state index >= 15 is 0 Å². The predicted molar refractivity (Wildman–Crippen MR) is 115 cm³/mol. The third kappa shape index (κ3) is 4.52. The lowest BCUT2D eigenvalue weighted by Gasteiger charge is -2.17. The molecule has 30 heavy (non-hydrogen) atoms. The van der Waals surface area contributed by atoms with Crippen LogP contribution < -0.4 is 14.8 Å². The van der Waals surface area contributed by atoms with E-state index in [1.807, 2.05) is 6.92 Å². The number of hydrazone groups is 1. The van der Waals surface area contributed by atoms with Crippen molar-refractivity contribution in [1.82, 2.24) is 10.3 Å². The predicted octanol–water partition coefficient (Wildman–Crippen LogP) is 4.64. The summed E-state index contributed by atoms with van der Waals surface area (Å²) in [7, 11) is 1.52. The Morgan fingerprint density at radius 2 is 1.93 bits per heavy atom. The smallest absolute Gasteiger partial charge is 0.346 e. The fourth-order valence-corrected chi connectivity index (χ4v) is 3.28. The number of urea groups is 1. The van der Waals surface area contributed by atoms with Gasteiger partial charge in [0.1, 0.15) is 12.1 Å². The lowest BCUT2D eigenvalue weighted by Crippen LogP contribution is -2.42. The molecule has 2 aromatic carbocycles. The van der Waals surface area contributed by atoms with Gasteiger partial charge in [0.15, 0.2) is 11.5 Å². The van der Waals surface area contributed by atoms with Gasteiger partial charge in [-0.25, -0.2) is 4.79 Å². The SMILES string of the molecule is CCC1(C)NC(=O)N(N=Cc2ccc(OCc3ccc(Cl)cc3Cl)c(OC)c2)C1=O. The highest BCUT2D eigenvalue weighted by atomic mass is 35.5. The highest BCUT2D eigenvalue weighted by molar-refractivity contribution is 6.35. The molecule has 1 aliphatic heterocycles. The van der Waals surface area contributed by atoms with Crippen LogP contribution in [0.2, 0.25) is 10.0 Å². The van der Waals surface area contributed by atoms with Gasteiger partial charge in [-0.3, -0.25) is 4.79 Å². The second-order valence-corrected chi connectivity index (χ2v) is 7.76. The maximum atomic E-state index is 12.4. The van der Waals surface area contributed by atoms with E-state index < -0.39 is 17.5 Å². The number of nitrogens with zero attached hydrogens (tertiary/aromatic N) is 2. The number of rotatable bonds is 7. The molecule has 1 atom stereocenters. The fourth-order valence-electron chi connectivity index (χ4n) is 2.82. The van der Waals surface area contributed by atoms with E-state index in [1.54, 1.807) is 43.3 Å². The molecule has 0 radical (unpaired) electrons. The number of carbonyl (C=O) groups is 2. The van der Waals surface area contributed by atoms with Crippen LogP contribution in [0.25, 0.3) is 0 Å². The molecule has 158 valence electrons. The third-order valence-corrected chi connectivity index (χ3v) is 5.44. The van der Waals surface area contributed by atoms with E-state index in [1.165, 1.54) is 13.3 Å². The molecule has 7 nitrogen and oxygen atoms in total. The first-order valence-electron chi connectivity index (χ1n) is 9.23. The Bertz CT molecular complexity index is 1010. The largest absolute Gasteiger partial charge is 0.493 e. The first-order valence-corrected chi connectivity index (χ1v) is 9.98. The summed E-state index contributed by atoms with van der Waals surface area (Å²) in [5.74, 6) is 0.590. The minimum atomic E-state index is -0.938. The number of hydrogen-bond donors (Lipinski definition) is 1. The molecule has 3 rings (SSSR count). The number of hydrogen-bond acceptors (Lipinski definition) is 5. The van der Waals surface area contributed by atoms with Gasteiger partial charge in [0.25, 0.3) is 5.91 Å². The van der Waals surface area contributed by atoms with E-state index in [2.05, 4.69) is 10.4 Å². The van der Waals surface area contributed by atoms with Gasteiger partial charge in [-0.05, 0) is 49.2 Å². The summed E-state index contributed by atoms with van der Waals surface area (Å²) in [4.78, 5) is 24.4. The molecular weight excluding hydrogens is 429 g/mol. The summed E-state index contributed by atoms with van der Waals surface area (Å²) >= 11 is 12.1. The maximum absolute atomic E-state index is 12.4. The summed E-state index contributed by atoms with van der Waals surface area (Å²) in [5.41, 5.74) is 0.480. The molecule has 0 bridgehead atoms. The Hall–Kier alpha value is -2.77. The molecule has 9 heteroatoms. The van der Waals surface area contributed by atoms with Gasteiger partial charge < -0.3 is 14.8 Å². The van der Waals surface area contributed by atoms with Crippen molar-refractivity contribution in [1.29, 1.82) is 0 Å². The molecular formula is C21H21Cl2N3O4. The number of amides is 3. The number of imide groups is 1. The van der Waals surface area contributed by atoms with Crippen LogP contribution in [0.3, 0.4) is 0 Å². The van der Waals surface area contributed by atoms with Crippen molar-refractivity contribution >= 4 is 41.4 Å². The zero-order valence-corrected chi connectivity index (χ0v) is 18.3. The summed E-state index contributed by atoms with van der Waals surface area (Å²) in [5, 5.41) is 8.58. The number of ether oxygens (including phenoxy) is 2. The van der Waals surface area contributed by atoms with Crippen LogP contribution in [-0.4, -0.2) is 35.8 Å². The Balaban J connectivity index is 1.73. The molecule has 0 aliphatic carbocycles. The zero-order chi connectivity index (χ0) is 21.9. The van der Waals surface area contributed by atoms with Gasteiger partial charge in [0, 0.05) is 15.6 Å². The maximum Gasteiger partial charge on any atom is 0.346 e. The van der Waals surface area contributed by atoms with Gasteiger partial charge >= 0.3 is 6.03 Å². The average molecular weight is 450 g/mol. The molecule has 0 spiro atoms. The number of halogens is 2. The van der Waals surface area contributed by atoms with Crippen molar-refractivity contribution in [2.75, 3.05) is 7.11 Å². The van der Waals surface area contributed by atoms with Crippen molar-refractivity contribution in [3.63, 3.8) is 0 Å². The summed E-state index contributed by atoms with van der Waals surface area (Å²) in [6.45, 7) is 3.73. The highest BCUT2D eigenvalue weighted by Crippen LogP contribution is 2.30. The standard InChI is InChI=1S/C21H21Cl2N3O4/c1-4-21(2)19(27)26(20(28)25-21)24-11-13-5-8-17(18(9-13)29-3)30-12-14-6-7-15(22)10-16(14)23/h5-11H,4,12H2,1-3H3,(H,25,28). The van der Waals surface area contributed by atoms with Gasteiger partial charge in [-0.15, -0.1) is 5.01 Å². The molecule has 1 unspecified atom stereocenters. The summed E-state index contributed by atoms with van der Waals surface area (Å²) in [6, 6.07) is 9.78. The molecule has 0 aromatic heterocycles. The van der Waals surface area contributed by atoms with E-state index in [0.717, 1.165) is 10.6 Å². The Morgan fingerprint density at radius 1 is 1.17 bits per heavy atom. The van der Waals surface area contributed by atoms with Gasteiger partial charge in [0.05, 0.1) is 13.3 Å². The third-order valence-electron chi connectivity index (χ3n) is 4.85. The molecule has 3 amide bonds. The van der Waals surface area contributed by atoms with Gasteiger partial charge in [-0.1, -0.05) is 36.2 Å². The minimum Gasteiger partial charge on any atom is -0.493 e. The topological polar surface area (TPSA) is 80.2 Å². The average Bonchev–Trinajstić information content (AvgIpc) is 2.94. The van der Waals surface area contributed by atoms with Gasteiger partial charge in [-0.2, -0.15) is 5.10 Å². The van der Waals surface area contributed by atoms with Crippen LogP contribution >= 0.6 is 23.2 Å². The first-order chi connectivity index (χ1) is 14.3. The van der Waals surface area contributed by atoms with Gasteiger partial charge in [0.2, 0.25) is 0 Å². The van der Waals surface area contributed by atoms with E-state index in [9.17, 15) is 9.59 Å². The summed E-state index contributed by atoms with van der Waals surface area (Å²) < 4.78 is 11.2. The van der Waals surface area contributed by atoms with Crippen LogP contribution in [0.5, 0.6) is 11.5 Å². The molecule has 1 N–H and O–H groups in total. The van der Waals surface area contributed by atoms with Crippen LogP contribution in [0.4, 0.5) is 4.79 Å². The fraction of sp³-hybridized carbons (Fsp3) is 0.286. The molecule has 1 aliphatic rings. The zero-order valence-electron chi connectivity index (χ0n) is 16.7. The first kappa shape index (κ1) is 21.9. The van der Waals surface area contributed by atoms with Crippen molar-refractivity contribution in [2.45, 2.75) is 32.4 Å². The molecule has 2 aromatic rings. The number of nitrogens with one attached hydrogen (secondary N) is 1. The number of carbonyl (C=O) groups excluding carboxylic acids is 2. The van der Waals surface area contributed by atoms with Crippen molar-refractivity contribution < 1.29 is 19.1 Å². The van der Waals surface area contributed by atoms with E-state index in [-0.39, 0.29) is 6.61 Å². The van der Waals surface area contributed by atoms with Crippen molar-refractivity contribution in [3.8, 4) is 11.5 Å². The van der Waals surface area contributed by atoms with Crippen molar-refractivity contribution in [3.05, 3.63) is 57.6 Å². The Morgan fingerprint density at radius 3 is 2.57 bits per heavy atom. The van der Waals surface area contributed by atoms with Crippen LogP contribution in [0.1, 0.15) is 31.4 Å². The van der Waals surface area contributed by atoms with E-state index in [0.29, 0.717) is 33.5 Å². The summed E-state index contributed by atoms with van der Waals surface area (Å²) in [6.07, 6.45) is 1.89. The second-order valence-electron chi connectivity index (χ2n) is 6.91. The molecule has 1 saturated heterocycles. The molecule has 1 heterocycles. The Labute approximate surface area is 184 Å². The lowest BCUT2D eigenvalue weighted by molar-refractivity contribution is -0.130. The second kappa shape index (κ2) is 8.93. The van der Waals surface area contributed by atoms with Crippen LogP contribution in [0, 0.1) is 0 Å². The van der Waals surface area contributed by atoms with Crippen LogP contribution in [0.15, 0.2) is 41.5 Å². The minimum absolute atomic E-state index is 0.234. The molecule has 0 saturated carbocycles. The molecule has 1 fully saturated rings.